The summed E-state index contributed by atoms with van der Waals surface area (Å²) in [6.45, 7) is 15.0. The van der Waals surface area contributed by atoms with Gasteiger partial charge in [0.15, 0.2) is 0 Å². The summed E-state index contributed by atoms with van der Waals surface area (Å²) in [6, 6.07) is 52.1. The average Bonchev–Trinajstić information content (AvgIpc) is 3.31. The lowest BCUT2D eigenvalue weighted by Crippen LogP contribution is -2.29. The van der Waals surface area contributed by atoms with Crippen molar-refractivity contribution in [2.24, 2.45) is 0 Å². The first-order valence-corrected chi connectivity index (χ1v) is 23.3. The first-order chi connectivity index (χ1) is 32.7. The van der Waals surface area contributed by atoms with Gasteiger partial charge in [-0.15, -0.1) is 0 Å². The van der Waals surface area contributed by atoms with Crippen LogP contribution in [0.25, 0.3) is 0 Å². The van der Waals surface area contributed by atoms with Crippen molar-refractivity contribution in [1.29, 1.82) is 0 Å². The van der Waals surface area contributed by atoms with Gasteiger partial charge in [0.25, 0.3) is 0 Å². The van der Waals surface area contributed by atoms with E-state index >= 15 is 0 Å². The molecule has 0 aromatic heterocycles. The van der Waals surface area contributed by atoms with Crippen LogP contribution in [-0.4, -0.2) is 0 Å². The lowest BCUT2D eigenvalue weighted by Gasteiger charge is -2.38. The SMILES string of the molecule is CCC(CCC(c1cc(C)cc(C)c1Oc1ccc(N)cc1)c1cc(C)cc(C)c1Oc1ccc(N)cc1)(c1cc(C)ccc1Oc1ccc(N)cc1)c1cc(C)ccc1Oc1ccc(N)cc1. The molecule has 68 heavy (non-hydrogen) atoms. The number of anilines is 4. The lowest BCUT2D eigenvalue weighted by molar-refractivity contribution is 0.377. The predicted molar refractivity (Wildman–Crippen MR) is 280 cm³/mol. The molecule has 0 fully saturated rings. The van der Waals surface area contributed by atoms with Crippen molar-refractivity contribution in [3.63, 3.8) is 0 Å². The van der Waals surface area contributed by atoms with Gasteiger partial charge < -0.3 is 41.9 Å². The smallest absolute Gasteiger partial charge is 0.134 e. The fourth-order valence-electron chi connectivity index (χ4n) is 9.46. The van der Waals surface area contributed by atoms with Gasteiger partial charge in [0.1, 0.15) is 46.0 Å². The molecule has 0 heterocycles. The molecule has 0 unspecified atom stereocenters. The Balaban J connectivity index is 1.38. The van der Waals surface area contributed by atoms with E-state index in [-0.39, 0.29) is 5.92 Å². The molecule has 8 aromatic carbocycles. The molecule has 0 atom stereocenters. The molecule has 0 aliphatic carbocycles. The van der Waals surface area contributed by atoms with Crippen LogP contribution >= 0.6 is 0 Å². The number of aryl methyl sites for hydroxylation is 6. The van der Waals surface area contributed by atoms with Crippen molar-refractivity contribution >= 4 is 22.7 Å². The summed E-state index contributed by atoms with van der Waals surface area (Å²) in [5, 5.41) is 0. The Hall–Kier alpha value is -7.84. The van der Waals surface area contributed by atoms with Gasteiger partial charge in [-0.3, -0.25) is 0 Å². The Morgan fingerprint density at radius 2 is 0.735 bits per heavy atom. The van der Waals surface area contributed by atoms with E-state index in [2.05, 4.69) is 109 Å². The van der Waals surface area contributed by atoms with E-state index in [0.717, 1.165) is 78.6 Å². The van der Waals surface area contributed by atoms with Crippen molar-refractivity contribution in [1.82, 2.24) is 0 Å². The summed E-state index contributed by atoms with van der Waals surface area (Å²) >= 11 is 0. The molecule has 0 bridgehead atoms. The molecular weight excluding hydrogens is 841 g/mol. The molecule has 0 saturated heterocycles. The molecule has 8 N–H and O–H groups in total. The highest BCUT2D eigenvalue weighted by Crippen LogP contribution is 2.53. The molecule has 0 aliphatic rings. The zero-order valence-electron chi connectivity index (χ0n) is 40.2. The van der Waals surface area contributed by atoms with Crippen molar-refractivity contribution in [2.45, 2.75) is 79.1 Å². The molecule has 0 radical (unpaired) electrons. The minimum atomic E-state index is -0.684. The third kappa shape index (κ3) is 10.4. The van der Waals surface area contributed by atoms with Crippen molar-refractivity contribution < 1.29 is 18.9 Å². The van der Waals surface area contributed by atoms with Crippen molar-refractivity contribution in [3.05, 3.63) is 213 Å². The maximum absolute atomic E-state index is 6.96. The monoisotopic (exact) mass is 902 g/mol. The first kappa shape index (κ1) is 46.7. The second kappa shape index (κ2) is 19.9. The predicted octanol–water partition coefficient (Wildman–Crippen LogP) is 15.3. The largest absolute Gasteiger partial charge is 0.457 e. The van der Waals surface area contributed by atoms with E-state index < -0.39 is 5.41 Å². The van der Waals surface area contributed by atoms with E-state index in [1.54, 1.807) is 0 Å². The van der Waals surface area contributed by atoms with Gasteiger partial charge in [-0.1, -0.05) is 77.7 Å². The molecular formula is C60H62N4O4. The van der Waals surface area contributed by atoms with Gasteiger partial charge in [-0.25, -0.2) is 0 Å². The van der Waals surface area contributed by atoms with Crippen molar-refractivity contribution in [2.75, 3.05) is 22.9 Å². The highest BCUT2D eigenvalue weighted by molar-refractivity contribution is 5.60. The summed E-state index contributed by atoms with van der Waals surface area (Å²) in [7, 11) is 0. The molecule has 0 saturated carbocycles. The van der Waals surface area contributed by atoms with Crippen LogP contribution in [0.5, 0.6) is 46.0 Å². The van der Waals surface area contributed by atoms with Crippen molar-refractivity contribution in [3.8, 4) is 46.0 Å². The number of hydrogen-bond acceptors (Lipinski definition) is 8. The van der Waals surface area contributed by atoms with E-state index in [9.17, 15) is 0 Å². The normalized spacial score (nSPS) is 11.4. The van der Waals surface area contributed by atoms with Gasteiger partial charge in [-0.05, 0) is 181 Å². The van der Waals surface area contributed by atoms with E-state index in [4.69, 9.17) is 41.9 Å². The average molecular weight is 903 g/mol. The molecule has 8 heteroatoms. The number of hydrogen-bond donors (Lipinski definition) is 4. The second-order valence-corrected chi connectivity index (χ2v) is 18.2. The summed E-state index contributed by atoms with van der Waals surface area (Å²) in [5.74, 6) is 5.59. The maximum Gasteiger partial charge on any atom is 0.134 e. The van der Waals surface area contributed by atoms with Crippen LogP contribution in [0.15, 0.2) is 158 Å². The first-order valence-electron chi connectivity index (χ1n) is 23.3. The van der Waals surface area contributed by atoms with Gasteiger partial charge in [-0.2, -0.15) is 0 Å². The highest BCUT2D eigenvalue weighted by atomic mass is 16.5. The summed E-state index contributed by atoms with van der Waals surface area (Å²) < 4.78 is 27.7. The minimum absolute atomic E-state index is 0.247. The quantitative estimate of drug-likeness (QED) is 0.0703. The Morgan fingerprint density at radius 3 is 1.07 bits per heavy atom. The summed E-state index contributed by atoms with van der Waals surface area (Å²) in [5.41, 5.74) is 37.3. The zero-order chi connectivity index (χ0) is 48.1. The fourth-order valence-corrected chi connectivity index (χ4v) is 9.46. The number of nitrogens with two attached hydrogens (primary N) is 4. The minimum Gasteiger partial charge on any atom is -0.457 e. The van der Waals surface area contributed by atoms with Crippen LogP contribution in [0.4, 0.5) is 22.7 Å². The molecule has 8 nitrogen and oxygen atoms in total. The highest BCUT2D eigenvalue weighted by Gasteiger charge is 2.40. The van der Waals surface area contributed by atoms with E-state index in [1.807, 2.05) is 97.1 Å². The van der Waals surface area contributed by atoms with Crippen LogP contribution in [0.1, 0.15) is 87.7 Å². The molecule has 346 valence electrons. The number of benzene rings is 8. The van der Waals surface area contributed by atoms with Gasteiger partial charge in [0, 0.05) is 56.3 Å². The molecule has 8 rings (SSSR count). The van der Waals surface area contributed by atoms with Gasteiger partial charge >= 0.3 is 0 Å². The summed E-state index contributed by atoms with van der Waals surface area (Å²) in [6.07, 6.45) is 2.01. The summed E-state index contributed by atoms with van der Waals surface area (Å²) in [4.78, 5) is 0. The third-order valence-electron chi connectivity index (χ3n) is 12.8. The zero-order valence-corrected chi connectivity index (χ0v) is 40.2. The topological polar surface area (TPSA) is 141 Å². The third-order valence-corrected chi connectivity index (χ3v) is 12.8. The lowest BCUT2D eigenvalue weighted by atomic mass is 9.66. The fraction of sp³-hybridized carbons (Fsp3) is 0.200. The van der Waals surface area contributed by atoms with E-state index in [1.165, 1.54) is 0 Å². The Morgan fingerprint density at radius 1 is 0.397 bits per heavy atom. The number of ether oxygens (including phenoxy) is 4. The maximum atomic E-state index is 6.96. The van der Waals surface area contributed by atoms with Gasteiger partial charge in [0.2, 0.25) is 0 Å². The van der Waals surface area contributed by atoms with Crippen LogP contribution in [0, 0.1) is 41.5 Å². The Bertz CT molecular complexity index is 2840. The number of nitrogen functional groups attached to an aromatic ring is 4. The van der Waals surface area contributed by atoms with Crippen LogP contribution in [0.3, 0.4) is 0 Å². The second-order valence-electron chi connectivity index (χ2n) is 18.2. The van der Waals surface area contributed by atoms with Crippen LogP contribution in [0.2, 0.25) is 0 Å². The molecule has 0 aliphatic heterocycles. The Labute approximate surface area is 401 Å². The molecule has 0 amide bonds. The van der Waals surface area contributed by atoms with E-state index in [0.29, 0.717) is 65.0 Å². The molecule has 0 spiro atoms. The van der Waals surface area contributed by atoms with Gasteiger partial charge in [0.05, 0.1) is 0 Å². The van der Waals surface area contributed by atoms with Crippen LogP contribution < -0.4 is 41.9 Å². The van der Waals surface area contributed by atoms with Crippen LogP contribution in [-0.2, 0) is 5.41 Å². The Kier molecular flexibility index (Phi) is 13.7. The molecule has 8 aromatic rings. The standard InChI is InChI=1S/C60H62N4O4/c1-8-60(54-35-37(2)9-27-56(54)65-47-19-11-43(61)12-20-47,55-36-38(3)10-28-57(55)66-48-21-13-44(62)14-22-48)30-29-51(52-33-39(4)31-41(6)58(52)67-49-23-15-45(63)16-24-49)53-34-40(5)32-42(7)59(53)68-50-25-17-46(64)18-26-50/h9-28,31-36,51H,8,29-30,61-64H2,1-7H3. The number of rotatable bonds is 16.